The number of hydrogen-bond acceptors (Lipinski definition) is 5. The summed E-state index contributed by atoms with van der Waals surface area (Å²) in [6, 6.07) is 16.7. The van der Waals surface area contributed by atoms with E-state index in [0.717, 1.165) is 16.7 Å². The number of piperazine rings is 1. The van der Waals surface area contributed by atoms with E-state index in [1.807, 2.05) is 55.2 Å². The third-order valence-electron chi connectivity index (χ3n) is 5.01. The smallest absolute Gasteiger partial charge is 0.254 e. The quantitative estimate of drug-likeness (QED) is 0.530. The molecule has 1 N–H and O–H groups in total. The number of hydrazone groups is 1. The highest BCUT2D eigenvalue weighted by atomic mass is 32.2. The van der Waals surface area contributed by atoms with Crippen molar-refractivity contribution in [1.82, 2.24) is 14.6 Å². The average molecular weight is 441 g/mol. The Hall–Kier alpha value is -2.81. The van der Waals surface area contributed by atoms with E-state index in [1.54, 1.807) is 30.5 Å². The molecule has 2 aromatic carbocycles. The van der Waals surface area contributed by atoms with Gasteiger partial charge in [0, 0.05) is 26.2 Å². The number of carbonyl (C=O) groups excluding carboxylic acids is 1. The molecule has 8 heteroatoms. The van der Waals surface area contributed by atoms with Crippen LogP contribution in [-0.4, -0.2) is 62.5 Å². The zero-order valence-electron chi connectivity index (χ0n) is 17.9. The first-order valence-electron chi connectivity index (χ1n) is 10.2. The predicted molar refractivity (Wildman–Crippen MR) is 123 cm³/mol. The van der Waals surface area contributed by atoms with Crippen LogP contribution >= 0.6 is 0 Å². The molecule has 0 saturated carbocycles. The van der Waals surface area contributed by atoms with Crippen LogP contribution in [0.5, 0.6) is 0 Å². The van der Waals surface area contributed by atoms with E-state index >= 15 is 0 Å². The highest BCUT2D eigenvalue weighted by molar-refractivity contribution is 7.89. The number of nitrogens with zero attached hydrogens (tertiary/aromatic N) is 3. The van der Waals surface area contributed by atoms with Gasteiger partial charge in [-0.15, -0.1) is 0 Å². The fourth-order valence-corrected chi connectivity index (χ4v) is 4.70. The number of amides is 1. The number of aryl methyl sites for hydroxylation is 1. The molecule has 1 saturated heterocycles. The van der Waals surface area contributed by atoms with Gasteiger partial charge in [0.2, 0.25) is 10.0 Å². The molecule has 0 bridgehead atoms. The molecule has 1 heterocycles. The summed E-state index contributed by atoms with van der Waals surface area (Å²) in [5.74, 6) is -0.224. The third-order valence-corrected chi connectivity index (χ3v) is 6.92. The molecule has 1 amide bonds. The van der Waals surface area contributed by atoms with Crippen LogP contribution in [0.2, 0.25) is 0 Å². The van der Waals surface area contributed by atoms with Gasteiger partial charge in [-0.05, 0) is 37.1 Å². The number of hydrogen-bond donors (Lipinski definition) is 1. The highest BCUT2D eigenvalue weighted by Crippen LogP contribution is 2.18. The van der Waals surface area contributed by atoms with Crippen molar-refractivity contribution in [3.63, 3.8) is 0 Å². The maximum absolute atomic E-state index is 12.8. The summed E-state index contributed by atoms with van der Waals surface area (Å²) in [6.07, 6.45) is 3.58. The normalized spacial score (nSPS) is 16.5. The highest BCUT2D eigenvalue weighted by Gasteiger charge is 2.28. The molecule has 3 rings (SSSR count). The Morgan fingerprint density at radius 2 is 1.68 bits per heavy atom. The first-order valence-corrected chi connectivity index (χ1v) is 11.6. The molecular formula is C23H28N4O3S. The van der Waals surface area contributed by atoms with E-state index in [9.17, 15) is 13.2 Å². The topological polar surface area (TPSA) is 82.1 Å². The molecule has 0 aliphatic carbocycles. The average Bonchev–Trinajstić information content (AvgIpc) is 2.75. The Bertz CT molecular complexity index is 1040. The molecule has 0 spiro atoms. The van der Waals surface area contributed by atoms with Crippen LogP contribution in [0, 0.1) is 6.92 Å². The summed E-state index contributed by atoms with van der Waals surface area (Å²) in [5.41, 5.74) is 5.54. The molecule has 1 fully saturated rings. The second-order valence-corrected chi connectivity index (χ2v) is 9.52. The molecule has 7 nitrogen and oxygen atoms in total. The van der Waals surface area contributed by atoms with Crippen molar-refractivity contribution < 1.29 is 13.2 Å². The molecule has 2 aromatic rings. The van der Waals surface area contributed by atoms with E-state index < -0.39 is 10.0 Å². The van der Waals surface area contributed by atoms with Gasteiger partial charge in [0.05, 0.1) is 17.7 Å². The Labute approximate surface area is 184 Å². The fourth-order valence-electron chi connectivity index (χ4n) is 3.28. The molecule has 164 valence electrons. The van der Waals surface area contributed by atoms with Crippen molar-refractivity contribution in [3.8, 4) is 0 Å². The van der Waals surface area contributed by atoms with Gasteiger partial charge >= 0.3 is 0 Å². The maximum Gasteiger partial charge on any atom is 0.254 e. The SMILES string of the molecule is C/C(C=NNC(=O)CN1CCN(S(=O)(=O)c2ccc(C)cc2)CC1)=C\c1ccccc1. The summed E-state index contributed by atoms with van der Waals surface area (Å²) in [7, 11) is -3.50. The van der Waals surface area contributed by atoms with E-state index in [0.29, 0.717) is 31.1 Å². The molecule has 0 atom stereocenters. The lowest BCUT2D eigenvalue weighted by Crippen LogP contribution is -2.50. The molecule has 31 heavy (non-hydrogen) atoms. The van der Waals surface area contributed by atoms with Crippen LogP contribution in [0.15, 0.2) is 70.2 Å². The minimum Gasteiger partial charge on any atom is -0.292 e. The van der Waals surface area contributed by atoms with E-state index in [1.165, 1.54) is 4.31 Å². The van der Waals surface area contributed by atoms with Gasteiger partial charge in [0.25, 0.3) is 5.91 Å². The molecule has 0 aromatic heterocycles. The number of benzene rings is 2. The second-order valence-electron chi connectivity index (χ2n) is 7.59. The van der Waals surface area contributed by atoms with E-state index in [2.05, 4.69) is 10.5 Å². The third kappa shape index (κ3) is 6.58. The monoisotopic (exact) mass is 440 g/mol. The van der Waals surface area contributed by atoms with Crippen LogP contribution in [0.25, 0.3) is 6.08 Å². The molecule has 0 unspecified atom stereocenters. The van der Waals surface area contributed by atoms with Crippen LogP contribution in [-0.2, 0) is 14.8 Å². The van der Waals surface area contributed by atoms with Gasteiger partial charge in [-0.3, -0.25) is 9.69 Å². The minimum absolute atomic E-state index is 0.178. The van der Waals surface area contributed by atoms with Gasteiger partial charge in [-0.1, -0.05) is 54.1 Å². The second kappa shape index (κ2) is 10.5. The van der Waals surface area contributed by atoms with Crippen molar-refractivity contribution in [2.75, 3.05) is 32.7 Å². The standard InChI is InChI=1S/C23H28N4O3S/c1-19-8-10-22(11-9-19)31(29,30)27-14-12-26(13-15-27)18-23(28)25-24-17-20(2)16-21-6-4-3-5-7-21/h3-11,16-17H,12-15,18H2,1-2H3,(H,25,28)/b20-16+,24-17?. The summed E-state index contributed by atoms with van der Waals surface area (Å²) in [5, 5.41) is 4.01. The predicted octanol–water partition coefficient (Wildman–Crippen LogP) is 2.51. The first kappa shape index (κ1) is 22.9. The van der Waals surface area contributed by atoms with Gasteiger partial charge in [-0.2, -0.15) is 9.41 Å². The Balaban J connectivity index is 1.45. The van der Waals surface area contributed by atoms with Gasteiger partial charge in [0.1, 0.15) is 0 Å². The van der Waals surface area contributed by atoms with Crippen LogP contribution < -0.4 is 5.43 Å². The Kier molecular flexibility index (Phi) is 7.73. The minimum atomic E-state index is -3.50. The number of carbonyl (C=O) groups is 1. The van der Waals surface area contributed by atoms with Crippen LogP contribution in [0.4, 0.5) is 0 Å². The number of allylic oxidation sites excluding steroid dienone is 1. The largest absolute Gasteiger partial charge is 0.292 e. The van der Waals surface area contributed by atoms with Gasteiger partial charge in [0.15, 0.2) is 0 Å². The van der Waals surface area contributed by atoms with E-state index in [4.69, 9.17) is 0 Å². The van der Waals surface area contributed by atoms with E-state index in [-0.39, 0.29) is 12.5 Å². The Morgan fingerprint density at radius 3 is 2.32 bits per heavy atom. The van der Waals surface area contributed by atoms with Crippen molar-refractivity contribution in [2.24, 2.45) is 5.10 Å². The van der Waals surface area contributed by atoms with Gasteiger partial charge in [-0.25, -0.2) is 13.8 Å². The summed E-state index contributed by atoms with van der Waals surface area (Å²) < 4.78 is 27.0. The molecule has 0 radical (unpaired) electrons. The van der Waals surface area contributed by atoms with Gasteiger partial charge < -0.3 is 0 Å². The Morgan fingerprint density at radius 1 is 1.03 bits per heavy atom. The summed E-state index contributed by atoms with van der Waals surface area (Å²) in [6.45, 7) is 5.71. The zero-order valence-corrected chi connectivity index (χ0v) is 18.7. The first-order chi connectivity index (χ1) is 14.8. The van der Waals surface area contributed by atoms with Crippen LogP contribution in [0.3, 0.4) is 0 Å². The number of nitrogens with one attached hydrogen (secondary N) is 1. The number of sulfonamides is 1. The molecule has 1 aliphatic heterocycles. The lowest BCUT2D eigenvalue weighted by molar-refractivity contribution is -0.122. The lowest BCUT2D eigenvalue weighted by Gasteiger charge is -2.33. The van der Waals surface area contributed by atoms with Crippen molar-refractivity contribution >= 4 is 28.2 Å². The summed E-state index contributed by atoms with van der Waals surface area (Å²) in [4.78, 5) is 14.4. The van der Waals surface area contributed by atoms with Crippen molar-refractivity contribution in [1.29, 1.82) is 0 Å². The summed E-state index contributed by atoms with van der Waals surface area (Å²) >= 11 is 0. The zero-order chi connectivity index (χ0) is 22.3. The van der Waals surface area contributed by atoms with Crippen molar-refractivity contribution in [2.45, 2.75) is 18.7 Å². The fraction of sp³-hybridized carbons (Fsp3) is 0.304. The molecular weight excluding hydrogens is 412 g/mol. The molecule has 1 aliphatic rings. The maximum atomic E-state index is 12.8. The van der Waals surface area contributed by atoms with Crippen LogP contribution in [0.1, 0.15) is 18.1 Å². The lowest BCUT2D eigenvalue weighted by atomic mass is 10.1. The number of rotatable bonds is 7. The van der Waals surface area contributed by atoms with Crippen molar-refractivity contribution in [3.05, 3.63) is 71.3 Å².